The van der Waals surface area contributed by atoms with Gasteiger partial charge in [-0.2, -0.15) is 5.10 Å². The molecule has 1 unspecified atom stereocenters. The molecule has 8 nitrogen and oxygen atoms in total. The third kappa shape index (κ3) is 3.81. The number of anilines is 4. The minimum absolute atomic E-state index is 0.0975. The summed E-state index contributed by atoms with van der Waals surface area (Å²) in [4.78, 5) is 25.7. The fraction of sp³-hybridized carbons (Fsp3) is 0.417. The normalized spacial score (nSPS) is 16.2. The Morgan fingerprint density at radius 3 is 2.47 bits per heavy atom. The van der Waals surface area contributed by atoms with Crippen LogP contribution in [0.15, 0.2) is 36.7 Å². The van der Waals surface area contributed by atoms with Gasteiger partial charge in [-0.05, 0) is 65.8 Å². The molecule has 0 aliphatic carbocycles. The van der Waals surface area contributed by atoms with Crippen LogP contribution in [-0.2, 0) is 4.79 Å². The van der Waals surface area contributed by atoms with Gasteiger partial charge in [0, 0.05) is 42.8 Å². The Hall–Kier alpha value is -3.42. The number of benzene rings is 1. The Morgan fingerprint density at radius 1 is 1.06 bits per heavy atom. The van der Waals surface area contributed by atoms with Gasteiger partial charge < -0.3 is 15.1 Å². The van der Waals surface area contributed by atoms with Crippen LogP contribution in [0.25, 0.3) is 11.3 Å². The van der Waals surface area contributed by atoms with E-state index in [1.807, 2.05) is 50.0 Å². The molecule has 1 atom stereocenters. The lowest BCUT2D eigenvalue weighted by Gasteiger charge is -2.42. The third-order valence-corrected chi connectivity index (χ3v) is 5.91. The van der Waals surface area contributed by atoms with Gasteiger partial charge in [-0.15, -0.1) is 0 Å². The molecule has 1 aromatic carbocycles. The molecule has 1 N–H and O–H groups in total. The number of carbonyl (C=O) groups is 1. The first kappa shape index (κ1) is 21.8. The highest BCUT2D eigenvalue weighted by atomic mass is 16.2. The van der Waals surface area contributed by atoms with Crippen molar-refractivity contribution in [3.63, 3.8) is 0 Å². The lowest BCUT2D eigenvalue weighted by Crippen LogP contribution is -2.53. The number of aromatic nitrogens is 4. The maximum Gasteiger partial charge on any atom is 0.249 e. The van der Waals surface area contributed by atoms with E-state index in [1.54, 1.807) is 11.1 Å². The number of hydrogen-bond acceptors (Lipinski definition) is 6. The van der Waals surface area contributed by atoms with Gasteiger partial charge in [-0.3, -0.25) is 9.48 Å². The highest BCUT2D eigenvalue weighted by Gasteiger charge is 2.34. The second-order valence-corrected chi connectivity index (χ2v) is 8.87. The Labute approximate surface area is 189 Å². The molecule has 168 valence electrons. The second-order valence-electron chi connectivity index (χ2n) is 8.87. The largest absolute Gasteiger partial charge is 0.356 e. The van der Waals surface area contributed by atoms with Crippen LogP contribution in [0, 0.1) is 6.92 Å². The Bertz CT molecular complexity index is 1150. The zero-order chi connectivity index (χ0) is 23.2. The summed E-state index contributed by atoms with van der Waals surface area (Å²) < 4.78 is 1.95. The van der Waals surface area contributed by atoms with E-state index in [0.29, 0.717) is 5.95 Å². The average Bonchev–Trinajstić information content (AvgIpc) is 3.14. The maximum atomic E-state index is 12.7. The molecule has 0 saturated heterocycles. The van der Waals surface area contributed by atoms with Gasteiger partial charge in [0.25, 0.3) is 0 Å². The average molecular weight is 434 g/mol. The maximum absolute atomic E-state index is 12.7. The molecular weight excluding hydrogens is 402 g/mol. The van der Waals surface area contributed by atoms with Crippen molar-refractivity contribution in [3.05, 3.63) is 42.4 Å². The van der Waals surface area contributed by atoms with E-state index in [4.69, 9.17) is 4.98 Å². The van der Waals surface area contributed by atoms with Crippen LogP contribution in [0.5, 0.6) is 0 Å². The number of nitrogens with zero attached hydrogens (tertiary/aromatic N) is 6. The zero-order valence-corrected chi connectivity index (χ0v) is 19.8. The SMILES string of the molecule is Cc1nn(C(C)C)cc1-c1ccnc(Nc2ccc3c(c2)N(C(C)C)C(C)C(=O)N3C)n1. The Morgan fingerprint density at radius 2 is 1.81 bits per heavy atom. The van der Waals surface area contributed by atoms with Gasteiger partial charge >= 0.3 is 0 Å². The zero-order valence-electron chi connectivity index (χ0n) is 19.8. The van der Waals surface area contributed by atoms with Crippen molar-refractivity contribution < 1.29 is 4.79 Å². The predicted octanol–water partition coefficient (Wildman–Crippen LogP) is 4.55. The summed E-state index contributed by atoms with van der Waals surface area (Å²) in [5, 5.41) is 7.93. The summed E-state index contributed by atoms with van der Waals surface area (Å²) in [5.74, 6) is 0.615. The summed E-state index contributed by atoms with van der Waals surface area (Å²) in [5.41, 5.74) is 5.55. The minimum Gasteiger partial charge on any atom is -0.356 e. The lowest BCUT2D eigenvalue weighted by molar-refractivity contribution is -0.119. The predicted molar refractivity (Wildman–Crippen MR) is 129 cm³/mol. The summed E-state index contributed by atoms with van der Waals surface area (Å²) >= 11 is 0. The van der Waals surface area contributed by atoms with Crippen LogP contribution in [0.4, 0.5) is 23.0 Å². The quantitative estimate of drug-likeness (QED) is 0.636. The number of amides is 1. The van der Waals surface area contributed by atoms with E-state index in [1.165, 1.54) is 0 Å². The molecule has 3 aromatic rings. The first-order valence-corrected chi connectivity index (χ1v) is 11.0. The highest BCUT2D eigenvalue weighted by Crippen LogP contribution is 2.39. The number of likely N-dealkylation sites (N-methyl/N-ethyl adjacent to an activating group) is 1. The standard InChI is InChI=1S/C24H31N7O/c1-14(2)30-13-19(16(5)28-30)20-10-11-25-24(27-20)26-18-8-9-21-22(12-18)31(15(3)4)17(6)23(32)29(21)7/h8-15,17H,1-7H3,(H,25,26,27). The summed E-state index contributed by atoms with van der Waals surface area (Å²) in [6, 6.07) is 8.14. The fourth-order valence-electron chi connectivity index (χ4n) is 4.24. The summed E-state index contributed by atoms with van der Waals surface area (Å²) in [6.45, 7) is 12.4. The summed E-state index contributed by atoms with van der Waals surface area (Å²) in [7, 11) is 1.83. The van der Waals surface area contributed by atoms with Crippen molar-refractivity contribution in [1.29, 1.82) is 0 Å². The number of aryl methyl sites for hydroxylation is 1. The van der Waals surface area contributed by atoms with Crippen molar-refractivity contribution in [3.8, 4) is 11.3 Å². The molecule has 3 heterocycles. The molecular formula is C24H31N7O. The van der Waals surface area contributed by atoms with Crippen LogP contribution in [0.2, 0.25) is 0 Å². The van der Waals surface area contributed by atoms with Gasteiger partial charge in [0.1, 0.15) is 6.04 Å². The van der Waals surface area contributed by atoms with Crippen LogP contribution in [0.3, 0.4) is 0 Å². The molecule has 0 fully saturated rings. The van der Waals surface area contributed by atoms with E-state index in [-0.39, 0.29) is 24.0 Å². The first-order chi connectivity index (χ1) is 15.2. The van der Waals surface area contributed by atoms with E-state index in [2.05, 4.69) is 54.1 Å². The molecule has 0 spiro atoms. The van der Waals surface area contributed by atoms with Crippen LogP contribution in [0.1, 0.15) is 46.4 Å². The summed E-state index contributed by atoms with van der Waals surface area (Å²) in [6.07, 6.45) is 3.78. The molecule has 0 bridgehead atoms. The van der Waals surface area contributed by atoms with E-state index in [0.717, 1.165) is 34.0 Å². The molecule has 8 heteroatoms. The van der Waals surface area contributed by atoms with Crippen LogP contribution in [-0.4, -0.2) is 44.8 Å². The minimum atomic E-state index is -0.220. The number of carbonyl (C=O) groups excluding carboxylic acids is 1. The van der Waals surface area contributed by atoms with Crippen LogP contribution >= 0.6 is 0 Å². The van der Waals surface area contributed by atoms with E-state index in [9.17, 15) is 4.79 Å². The molecule has 2 aromatic heterocycles. The second kappa shape index (κ2) is 8.26. The smallest absolute Gasteiger partial charge is 0.249 e. The van der Waals surface area contributed by atoms with Crippen molar-refractivity contribution in [2.45, 2.75) is 59.7 Å². The molecule has 1 aliphatic heterocycles. The van der Waals surface area contributed by atoms with Gasteiger partial charge in [-0.1, -0.05) is 0 Å². The molecule has 4 rings (SSSR count). The van der Waals surface area contributed by atoms with Crippen molar-refractivity contribution >= 4 is 28.9 Å². The molecule has 32 heavy (non-hydrogen) atoms. The molecule has 0 saturated carbocycles. The fourth-order valence-corrected chi connectivity index (χ4v) is 4.24. The van der Waals surface area contributed by atoms with Gasteiger partial charge in [0.05, 0.1) is 22.8 Å². The van der Waals surface area contributed by atoms with Crippen molar-refractivity contribution in [2.24, 2.45) is 0 Å². The molecule has 1 amide bonds. The topological polar surface area (TPSA) is 79.2 Å². The van der Waals surface area contributed by atoms with Gasteiger partial charge in [0.15, 0.2) is 0 Å². The number of hydrogen-bond donors (Lipinski definition) is 1. The molecule has 1 aliphatic rings. The Balaban J connectivity index is 1.66. The molecule has 0 radical (unpaired) electrons. The van der Waals surface area contributed by atoms with Crippen molar-refractivity contribution in [2.75, 3.05) is 22.2 Å². The number of nitrogens with one attached hydrogen (secondary N) is 1. The van der Waals surface area contributed by atoms with Gasteiger partial charge in [-0.25, -0.2) is 9.97 Å². The monoisotopic (exact) mass is 433 g/mol. The van der Waals surface area contributed by atoms with Crippen molar-refractivity contribution in [1.82, 2.24) is 19.7 Å². The number of rotatable bonds is 5. The van der Waals surface area contributed by atoms with Gasteiger partial charge in [0.2, 0.25) is 11.9 Å². The van der Waals surface area contributed by atoms with E-state index >= 15 is 0 Å². The number of fused-ring (bicyclic) bond motifs is 1. The van der Waals surface area contributed by atoms with E-state index < -0.39 is 0 Å². The Kier molecular flexibility index (Phi) is 5.62. The third-order valence-electron chi connectivity index (χ3n) is 5.91. The first-order valence-electron chi connectivity index (χ1n) is 11.0. The highest BCUT2D eigenvalue weighted by molar-refractivity contribution is 6.05. The van der Waals surface area contributed by atoms with Crippen LogP contribution < -0.4 is 15.1 Å². The lowest BCUT2D eigenvalue weighted by atomic mass is 10.0.